The number of benzene rings is 1. The van der Waals surface area contributed by atoms with Crippen LogP contribution in [0.2, 0.25) is 0 Å². The van der Waals surface area contributed by atoms with Crippen LogP contribution in [0.1, 0.15) is 30.9 Å². The molecule has 0 saturated heterocycles. The second-order valence-corrected chi connectivity index (χ2v) is 3.47. The number of rotatable bonds is 2. The van der Waals surface area contributed by atoms with Crippen LogP contribution in [0, 0.1) is 11.8 Å². The Kier molecular flexibility index (Phi) is 4.28. The van der Waals surface area contributed by atoms with E-state index >= 15 is 0 Å². The van der Waals surface area contributed by atoms with Gasteiger partial charge in [-0.25, -0.2) is 0 Å². The van der Waals surface area contributed by atoms with E-state index in [1.807, 2.05) is 12.1 Å². The summed E-state index contributed by atoms with van der Waals surface area (Å²) in [6, 6.07) is 8.11. The molecule has 0 aromatic heterocycles. The van der Waals surface area contributed by atoms with Gasteiger partial charge in [0.1, 0.15) is 0 Å². The summed E-state index contributed by atoms with van der Waals surface area (Å²) in [5, 5.41) is 3.34. The Morgan fingerprint density at radius 3 is 2.53 bits per heavy atom. The van der Waals surface area contributed by atoms with Crippen LogP contribution >= 0.6 is 0 Å². The average molecular weight is 199 g/mol. The summed E-state index contributed by atoms with van der Waals surface area (Å²) in [6.07, 6.45) is 0. The van der Waals surface area contributed by atoms with Crippen LogP contribution in [0.25, 0.3) is 10.4 Å². The van der Waals surface area contributed by atoms with Crippen molar-refractivity contribution in [1.29, 1.82) is 0 Å². The summed E-state index contributed by atoms with van der Waals surface area (Å²) >= 11 is 0. The fraction of sp³-hybridized carbons (Fsp3) is 0.333. The minimum Gasteiger partial charge on any atom is -0.0919 e. The van der Waals surface area contributed by atoms with Crippen molar-refractivity contribution in [2.75, 3.05) is 6.54 Å². The smallest absolute Gasteiger partial charge is 0.0880 e. The third kappa shape index (κ3) is 3.76. The minimum absolute atomic E-state index is 0.225. The molecule has 0 spiro atoms. The lowest BCUT2D eigenvalue weighted by atomic mass is 10.0. The highest BCUT2D eigenvalue weighted by Crippen LogP contribution is 2.13. The van der Waals surface area contributed by atoms with Crippen LogP contribution in [-0.4, -0.2) is 6.54 Å². The topological polar surface area (TPSA) is 48.8 Å². The molecule has 0 radical (unpaired) electrons. The molecule has 0 aliphatic rings. The minimum atomic E-state index is 0.225. The van der Waals surface area contributed by atoms with E-state index in [4.69, 9.17) is 5.53 Å². The van der Waals surface area contributed by atoms with Gasteiger partial charge in [0.15, 0.2) is 0 Å². The van der Waals surface area contributed by atoms with Crippen molar-refractivity contribution in [3.05, 3.63) is 45.8 Å². The molecule has 1 rings (SSSR count). The Morgan fingerprint density at radius 1 is 1.33 bits per heavy atom. The third-order valence-electron chi connectivity index (χ3n) is 2.02. The van der Waals surface area contributed by atoms with Crippen LogP contribution < -0.4 is 0 Å². The van der Waals surface area contributed by atoms with Crippen molar-refractivity contribution in [3.8, 4) is 11.8 Å². The lowest BCUT2D eigenvalue weighted by molar-refractivity contribution is 0.866. The summed E-state index contributed by atoms with van der Waals surface area (Å²) < 4.78 is 0. The molecule has 3 heteroatoms. The summed E-state index contributed by atoms with van der Waals surface area (Å²) in [7, 11) is 0. The van der Waals surface area contributed by atoms with Gasteiger partial charge in [-0.15, -0.1) is 0 Å². The van der Waals surface area contributed by atoms with E-state index in [1.54, 1.807) is 0 Å². The van der Waals surface area contributed by atoms with Gasteiger partial charge < -0.3 is 0 Å². The Bertz CT molecular complexity index is 414. The third-order valence-corrected chi connectivity index (χ3v) is 2.02. The van der Waals surface area contributed by atoms with Crippen LogP contribution in [0.3, 0.4) is 0 Å². The lowest BCUT2D eigenvalue weighted by Gasteiger charge is -2.03. The second-order valence-electron chi connectivity index (χ2n) is 3.47. The standard InChI is InChI=1S/C12H13N3/c1-10(2)12-7-5-11(6-8-12)4-3-9-14-15-13/h5-8,10H,9H2,1-2H3. The summed E-state index contributed by atoms with van der Waals surface area (Å²) in [4.78, 5) is 2.63. The fourth-order valence-electron chi connectivity index (χ4n) is 1.16. The van der Waals surface area contributed by atoms with E-state index in [-0.39, 0.29) is 6.54 Å². The van der Waals surface area contributed by atoms with Gasteiger partial charge in [-0.3, -0.25) is 0 Å². The van der Waals surface area contributed by atoms with Crippen molar-refractivity contribution in [3.63, 3.8) is 0 Å². The van der Waals surface area contributed by atoms with Gasteiger partial charge in [0.25, 0.3) is 0 Å². The zero-order chi connectivity index (χ0) is 11.1. The number of hydrogen-bond donors (Lipinski definition) is 0. The van der Waals surface area contributed by atoms with Crippen LogP contribution in [0.4, 0.5) is 0 Å². The first-order valence-corrected chi connectivity index (χ1v) is 4.83. The van der Waals surface area contributed by atoms with Gasteiger partial charge in [-0.05, 0) is 29.1 Å². The highest BCUT2D eigenvalue weighted by atomic mass is 15.1. The van der Waals surface area contributed by atoms with Gasteiger partial charge in [0, 0.05) is 10.5 Å². The molecule has 0 heterocycles. The SMILES string of the molecule is CC(C)c1ccc(C#CCN=[N+]=[N-])cc1. The molecular weight excluding hydrogens is 186 g/mol. The summed E-state index contributed by atoms with van der Waals surface area (Å²) in [5.74, 6) is 6.25. The van der Waals surface area contributed by atoms with Crippen LogP contribution in [0.15, 0.2) is 29.4 Å². The second kappa shape index (κ2) is 5.74. The van der Waals surface area contributed by atoms with Gasteiger partial charge >= 0.3 is 0 Å². The zero-order valence-corrected chi connectivity index (χ0v) is 8.94. The van der Waals surface area contributed by atoms with Crippen LogP contribution in [0.5, 0.6) is 0 Å². The monoisotopic (exact) mass is 199 g/mol. The lowest BCUT2D eigenvalue weighted by Crippen LogP contribution is -1.86. The molecule has 0 aliphatic carbocycles. The van der Waals surface area contributed by atoms with E-state index in [1.165, 1.54) is 5.56 Å². The van der Waals surface area contributed by atoms with E-state index < -0.39 is 0 Å². The molecule has 0 fully saturated rings. The predicted molar refractivity (Wildman–Crippen MR) is 61.4 cm³/mol. The number of azide groups is 1. The van der Waals surface area contributed by atoms with Gasteiger partial charge in [0.2, 0.25) is 0 Å². The van der Waals surface area contributed by atoms with Crippen molar-refractivity contribution in [1.82, 2.24) is 0 Å². The maximum atomic E-state index is 8.05. The predicted octanol–water partition coefficient (Wildman–Crippen LogP) is 3.47. The quantitative estimate of drug-likeness (QED) is 0.303. The zero-order valence-electron chi connectivity index (χ0n) is 8.94. The molecule has 0 amide bonds. The van der Waals surface area contributed by atoms with E-state index in [9.17, 15) is 0 Å². The largest absolute Gasteiger partial charge is 0.0919 e. The van der Waals surface area contributed by atoms with Crippen molar-refractivity contribution >= 4 is 0 Å². The maximum absolute atomic E-state index is 8.05. The molecule has 0 bridgehead atoms. The first-order valence-electron chi connectivity index (χ1n) is 4.83. The highest BCUT2D eigenvalue weighted by molar-refractivity contribution is 5.37. The molecule has 76 valence electrons. The average Bonchev–Trinajstić information content (AvgIpc) is 2.25. The van der Waals surface area contributed by atoms with Crippen molar-refractivity contribution in [2.45, 2.75) is 19.8 Å². The van der Waals surface area contributed by atoms with Gasteiger partial charge in [0.05, 0.1) is 6.54 Å². The normalized spacial score (nSPS) is 9.00. The van der Waals surface area contributed by atoms with Gasteiger partial charge in [-0.2, -0.15) is 0 Å². The molecule has 0 N–H and O–H groups in total. The fourth-order valence-corrected chi connectivity index (χ4v) is 1.16. The molecule has 3 nitrogen and oxygen atoms in total. The van der Waals surface area contributed by atoms with Crippen molar-refractivity contribution in [2.24, 2.45) is 5.11 Å². The van der Waals surface area contributed by atoms with Gasteiger partial charge in [-0.1, -0.05) is 42.9 Å². The van der Waals surface area contributed by atoms with Crippen molar-refractivity contribution < 1.29 is 0 Å². The molecule has 0 unspecified atom stereocenters. The first-order chi connectivity index (χ1) is 7.24. The molecule has 0 saturated carbocycles. The maximum Gasteiger partial charge on any atom is 0.0880 e. The summed E-state index contributed by atoms with van der Waals surface area (Å²) in [6.45, 7) is 4.53. The van der Waals surface area contributed by atoms with Crippen LogP contribution in [-0.2, 0) is 0 Å². The Balaban J connectivity index is 2.70. The Hall–Kier alpha value is -1.91. The number of hydrogen-bond acceptors (Lipinski definition) is 1. The molecule has 0 aliphatic heterocycles. The molecule has 15 heavy (non-hydrogen) atoms. The molecule has 1 aromatic rings. The first kappa shape index (κ1) is 11.2. The Labute approximate surface area is 89.8 Å². The Morgan fingerprint density at radius 2 is 2.00 bits per heavy atom. The summed E-state index contributed by atoms with van der Waals surface area (Å²) in [5.41, 5.74) is 10.3. The van der Waals surface area contributed by atoms with E-state index in [0.29, 0.717) is 5.92 Å². The highest BCUT2D eigenvalue weighted by Gasteiger charge is 1.96. The molecule has 1 aromatic carbocycles. The van der Waals surface area contributed by atoms with E-state index in [2.05, 4.69) is 47.8 Å². The van der Waals surface area contributed by atoms with E-state index in [0.717, 1.165) is 5.56 Å². The number of nitrogens with zero attached hydrogens (tertiary/aromatic N) is 3. The molecule has 0 atom stereocenters. The molecular formula is C12H13N3.